The van der Waals surface area contributed by atoms with Gasteiger partial charge in [0.05, 0.1) is 0 Å². The highest BCUT2D eigenvalue weighted by Crippen LogP contribution is 2.24. The predicted octanol–water partition coefficient (Wildman–Crippen LogP) is 4.22. The number of aliphatic hydroxyl groups is 1. The van der Waals surface area contributed by atoms with Crippen LogP contribution in [0, 0.1) is 6.92 Å². The lowest BCUT2D eigenvalue weighted by molar-refractivity contribution is -0.132. The standard InChI is InChI=1S/C21H27NO2/c1-15-6-12-18(13-7-15)22-19(23)21(5,24)14-16-8-10-17(11-9-16)20(2,3)4/h6-13,24H,14H2,1-5H3,(H,22,23). The highest BCUT2D eigenvalue weighted by atomic mass is 16.3. The number of rotatable bonds is 4. The van der Waals surface area contributed by atoms with Gasteiger partial charge in [-0.2, -0.15) is 0 Å². The lowest BCUT2D eigenvalue weighted by atomic mass is 9.85. The Kier molecular flexibility index (Phi) is 5.14. The molecule has 0 saturated carbocycles. The van der Waals surface area contributed by atoms with E-state index in [-0.39, 0.29) is 11.8 Å². The molecule has 0 aliphatic rings. The molecular formula is C21H27NO2. The molecule has 2 N–H and O–H groups in total. The molecule has 1 unspecified atom stereocenters. The molecule has 2 aromatic carbocycles. The summed E-state index contributed by atoms with van der Waals surface area (Å²) in [5.41, 5.74) is 2.60. The summed E-state index contributed by atoms with van der Waals surface area (Å²) in [7, 11) is 0. The quantitative estimate of drug-likeness (QED) is 0.884. The fourth-order valence-electron chi connectivity index (χ4n) is 2.50. The van der Waals surface area contributed by atoms with Crippen molar-refractivity contribution in [2.75, 3.05) is 5.32 Å². The number of anilines is 1. The first-order valence-corrected chi connectivity index (χ1v) is 8.28. The summed E-state index contributed by atoms with van der Waals surface area (Å²) in [5, 5.41) is 13.3. The number of carbonyl (C=O) groups is 1. The first kappa shape index (κ1) is 18.2. The van der Waals surface area contributed by atoms with E-state index in [1.54, 1.807) is 6.92 Å². The van der Waals surface area contributed by atoms with Gasteiger partial charge in [-0.15, -0.1) is 0 Å². The van der Waals surface area contributed by atoms with Crippen LogP contribution < -0.4 is 5.32 Å². The van der Waals surface area contributed by atoms with Crippen LogP contribution in [0.2, 0.25) is 0 Å². The zero-order valence-corrected chi connectivity index (χ0v) is 15.2. The molecule has 0 heterocycles. The van der Waals surface area contributed by atoms with Crippen LogP contribution in [0.15, 0.2) is 48.5 Å². The summed E-state index contributed by atoms with van der Waals surface area (Å²) in [6, 6.07) is 15.6. The Labute approximate surface area is 144 Å². The first-order chi connectivity index (χ1) is 11.1. The van der Waals surface area contributed by atoms with Crippen LogP contribution in [0.1, 0.15) is 44.4 Å². The van der Waals surface area contributed by atoms with Gasteiger partial charge in [0.15, 0.2) is 0 Å². The molecule has 2 rings (SSSR count). The van der Waals surface area contributed by atoms with E-state index in [1.807, 2.05) is 43.3 Å². The van der Waals surface area contributed by atoms with Gasteiger partial charge in [-0.25, -0.2) is 0 Å². The highest BCUT2D eigenvalue weighted by molar-refractivity contribution is 5.97. The molecule has 0 bridgehead atoms. The predicted molar refractivity (Wildman–Crippen MR) is 99.3 cm³/mol. The molecule has 3 nitrogen and oxygen atoms in total. The van der Waals surface area contributed by atoms with Crippen molar-refractivity contribution in [3.8, 4) is 0 Å². The van der Waals surface area contributed by atoms with Gasteiger partial charge in [0, 0.05) is 12.1 Å². The zero-order valence-electron chi connectivity index (χ0n) is 15.2. The average molecular weight is 325 g/mol. The van der Waals surface area contributed by atoms with Gasteiger partial charge in [-0.1, -0.05) is 62.7 Å². The Morgan fingerprint density at radius 3 is 2.00 bits per heavy atom. The van der Waals surface area contributed by atoms with Crippen LogP contribution in [-0.4, -0.2) is 16.6 Å². The Balaban J connectivity index is 2.06. The molecule has 0 fully saturated rings. The van der Waals surface area contributed by atoms with E-state index < -0.39 is 11.5 Å². The third-order valence-corrected chi connectivity index (χ3v) is 4.17. The SMILES string of the molecule is Cc1ccc(NC(=O)C(C)(O)Cc2ccc(C(C)(C)C)cc2)cc1. The second-order valence-corrected chi connectivity index (χ2v) is 7.72. The summed E-state index contributed by atoms with van der Waals surface area (Å²) in [5.74, 6) is -0.397. The molecule has 2 aromatic rings. The molecule has 24 heavy (non-hydrogen) atoms. The maximum Gasteiger partial charge on any atom is 0.256 e. The minimum atomic E-state index is -1.46. The second kappa shape index (κ2) is 6.78. The monoisotopic (exact) mass is 325 g/mol. The normalized spacial score (nSPS) is 14.1. The second-order valence-electron chi connectivity index (χ2n) is 7.72. The van der Waals surface area contributed by atoms with Crippen LogP contribution in [0.25, 0.3) is 0 Å². The molecule has 1 amide bonds. The van der Waals surface area contributed by atoms with Crippen LogP contribution >= 0.6 is 0 Å². The number of carbonyl (C=O) groups excluding carboxylic acids is 1. The fourth-order valence-corrected chi connectivity index (χ4v) is 2.50. The number of hydrogen-bond acceptors (Lipinski definition) is 2. The van der Waals surface area contributed by atoms with Crippen molar-refractivity contribution in [1.82, 2.24) is 0 Å². The van der Waals surface area contributed by atoms with Gasteiger partial charge < -0.3 is 10.4 Å². The average Bonchev–Trinajstić information content (AvgIpc) is 2.48. The Bertz CT molecular complexity index is 692. The first-order valence-electron chi connectivity index (χ1n) is 8.28. The number of benzene rings is 2. The van der Waals surface area contributed by atoms with Crippen molar-refractivity contribution >= 4 is 11.6 Å². The minimum Gasteiger partial charge on any atom is -0.380 e. The van der Waals surface area contributed by atoms with Crippen LogP contribution in [0.4, 0.5) is 5.69 Å². The lowest BCUT2D eigenvalue weighted by Gasteiger charge is -2.23. The summed E-state index contributed by atoms with van der Waals surface area (Å²) in [6.07, 6.45) is 0.273. The number of amides is 1. The van der Waals surface area contributed by atoms with Crippen molar-refractivity contribution in [3.63, 3.8) is 0 Å². The van der Waals surface area contributed by atoms with E-state index in [0.717, 1.165) is 11.1 Å². The fraction of sp³-hybridized carbons (Fsp3) is 0.381. The number of aryl methyl sites for hydroxylation is 1. The smallest absolute Gasteiger partial charge is 0.256 e. The van der Waals surface area contributed by atoms with Gasteiger partial charge >= 0.3 is 0 Å². The highest BCUT2D eigenvalue weighted by Gasteiger charge is 2.30. The molecule has 1 atom stereocenters. The Hall–Kier alpha value is -2.13. The van der Waals surface area contributed by atoms with Crippen LogP contribution in [0.5, 0.6) is 0 Å². The summed E-state index contributed by atoms with van der Waals surface area (Å²) in [4.78, 5) is 12.4. The van der Waals surface area contributed by atoms with Crippen molar-refractivity contribution in [2.24, 2.45) is 0 Å². The van der Waals surface area contributed by atoms with Gasteiger partial charge in [0.2, 0.25) is 0 Å². The largest absolute Gasteiger partial charge is 0.380 e. The summed E-state index contributed by atoms with van der Waals surface area (Å²) >= 11 is 0. The topological polar surface area (TPSA) is 49.3 Å². The van der Waals surface area contributed by atoms with E-state index in [1.165, 1.54) is 5.56 Å². The van der Waals surface area contributed by atoms with E-state index in [2.05, 4.69) is 38.2 Å². The van der Waals surface area contributed by atoms with Crippen molar-refractivity contribution < 1.29 is 9.90 Å². The minimum absolute atomic E-state index is 0.0872. The Morgan fingerprint density at radius 2 is 1.50 bits per heavy atom. The van der Waals surface area contributed by atoms with E-state index in [9.17, 15) is 9.90 Å². The van der Waals surface area contributed by atoms with Gasteiger partial charge in [-0.3, -0.25) is 4.79 Å². The third kappa shape index (κ3) is 4.68. The van der Waals surface area contributed by atoms with Crippen LogP contribution in [-0.2, 0) is 16.6 Å². The molecular weight excluding hydrogens is 298 g/mol. The lowest BCUT2D eigenvalue weighted by Crippen LogP contribution is -2.42. The van der Waals surface area contributed by atoms with Gasteiger partial charge in [0.1, 0.15) is 5.60 Å². The number of nitrogens with one attached hydrogen (secondary N) is 1. The van der Waals surface area contributed by atoms with E-state index in [0.29, 0.717) is 5.69 Å². The zero-order chi connectivity index (χ0) is 18.0. The van der Waals surface area contributed by atoms with Gasteiger partial charge in [-0.05, 0) is 42.5 Å². The molecule has 0 spiro atoms. The van der Waals surface area contributed by atoms with Crippen LogP contribution in [0.3, 0.4) is 0 Å². The molecule has 0 aliphatic heterocycles. The van der Waals surface area contributed by atoms with Crippen molar-refractivity contribution in [3.05, 3.63) is 65.2 Å². The molecule has 0 aromatic heterocycles. The molecule has 0 radical (unpaired) electrons. The molecule has 128 valence electrons. The maximum absolute atomic E-state index is 12.4. The van der Waals surface area contributed by atoms with Crippen molar-refractivity contribution in [2.45, 2.75) is 52.1 Å². The Morgan fingerprint density at radius 1 is 0.958 bits per heavy atom. The third-order valence-electron chi connectivity index (χ3n) is 4.17. The van der Waals surface area contributed by atoms with E-state index in [4.69, 9.17) is 0 Å². The van der Waals surface area contributed by atoms with Gasteiger partial charge in [0.25, 0.3) is 5.91 Å². The molecule has 0 aliphatic carbocycles. The summed E-state index contributed by atoms with van der Waals surface area (Å²) in [6.45, 7) is 10.0. The molecule has 0 saturated heterocycles. The molecule has 3 heteroatoms. The maximum atomic E-state index is 12.4. The number of hydrogen-bond donors (Lipinski definition) is 2. The summed E-state index contributed by atoms with van der Waals surface area (Å²) < 4.78 is 0. The van der Waals surface area contributed by atoms with Crippen molar-refractivity contribution in [1.29, 1.82) is 0 Å². The van der Waals surface area contributed by atoms with E-state index >= 15 is 0 Å².